The highest BCUT2D eigenvalue weighted by Crippen LogP contribution is 2.10. The molecule has 0 fully saturated rings. The minimum Gasteiger partial charge on any atom is -0.347 e. The monoisotopic (exact) mass is 346 g/mol. The predicted octanol–water partition coefficient (Wildman–Crippen LogP) is 2.75. The first kappa shape index (κ1) is 15.3. The Morgan fingerprint density at radius 3 is 2.24 bits per heavy atom. The van der Waals surface area contributed by atoms with Gasteiger partial charge in [-0.1, -0.05) is 46.3 Å². The summed E-state index contributed by atoms with van der Waals surface area (Å²) in [6, 6.07) is 16.6. The van der Waals surface area contributed by atoms with Crippen LogP contribution in [0.5, 0.6) is 0 Å². The van der Waals surface area contributed by atoms with Crippen LogP contribution in [-0.4, -0.2) is 18.4 Å². The smallest absolute Gasteiger partial charge is 0.243 e. The van der Waals surface area contributed by atoms with Crippen LogP contribution >= 0.6 is 15.9 Å². The molecule has 21 heavy (non-hydrogen) atoms. The summed E-state index contributed by atoms with van der Waals surface area (Å²) in [5, 5.41) is 5.31. The van der Waals surface area contributed by atoms with Gasteiger partial charge >= 0.3 is 0 Å². The van der Waals surface area contributed by atoms with Gasteiger partial charge in [0.05, 0.1) is 13.0 Å². The number of rotatable bonds is 5. The molecule has 2 amide bonds. The molecule has 0 bridgehead atoms. The standard InChI is InChI=1S/C16H15BrN2O2/c17-13-8-6-12(7-9-13)10-15(20)18-11-16(21)19-14-4-2-1-3-5-14/h1-9H,10-11H2,(H,18,20)(H,19,21). The van der Waals surface area contributed by atoms with E-state index in [-0.39, 0.29) is 24.8 Å². The minimum atomic E-state index is -0.245. The van der Waals surface area contributed by atoms with Crippen molar-refractivity contribution in [3.8, 4) is 0 Å². The van der Waals surface area contributed by atoms with Gasteiger partial charge in [0.2, 0.25) is 11.8 Å². The van der Waals surface area contributed by atoms with Crippen LogP contribution in [0.4, 0.5) is 5.69 Å². The Morgan fingerprint density at radius 2 is 1.57 bits per heavy atom. The van der Waals surface area contributed by atoms with E-state index < -0.39 is 0 Å². The largest absolute Gasteiger partial charge is 0.347 e. The van der Waals surface area contributed by atoms with E-state index >= 15 is 0 Å². The summed E-state index contributed by atoms with van der Waals surface area (Å²) in [7, 11) is 0. The van der Waals surface area contributed by atoms with Gasteiger partial charge in [-0.25, -0.2) is 0 Å². The second-order valence-electron chi connectivity index (χ2n) is 4.49. The quantitative estimate of drug-likeness (QED) is 0.874. The van der Waals surface area contributed by atoms with Gasteiger partial charge in [0, 0.05) is 10.2 Å². The lowest BCUT2D eigenvalue weighted by Crippen LogP contribution is -2.33. The molecule has 2 aromatic carbocycles. The lowest BCUT2D eigenvalue weighted by atomic mass is 10.1. The van der Waals surface area contributed by atoms with E-state index in [0.29, 0.717) is 5.69 Å². The molecular weight excluding hydrogens is 332 g/mol. The van der Waals surface area contributed by atoms with E-state index in [1.165, 1.54) is 0 Å². The molecule has 5 heteroatoms. The van der Waals surface area contributed by atoms with Crippen LogP contribution in [0.3, 0.4) is 0 Å². The first-order valence-electron chi connectivity index (χ1n) is 6.49. The van der Waals surface area contributed by atoms with Gasteiger partial charge in [0.25, 0.3) is 0 Å². The fraction of sp³-hybridized carbons (Fsp3) is 0.125. The summed E-state index contributed by atoms with van der Waals surface area (Å²) in [6.45, 7) is -0.0374. The maximum atomic E-state index is 11.8. The van der Waals surface area contributed by atoms with Crippen LogP contribution in [0.1, 0.15) is 5.56 Å². The highest BCUT2D eigenvalue weighted by atomic mass is 79.9. The minimum absolute atomic E-state index is 0.0374. The van der Waals surface area contributed by atoms with Gasteiger partial charge in [-0.3, -0.25) is 9.59 Å². The second-order valence-corrected chi connectivity index (χ2v) is 5.41. The third kappa shape index (κ3) is 5.39. The van der Waals surface area contributed by atoms with Crippen LogP contribution in [0, 0.1) is 0 Å². The molecule has 0 spiro atoms. The van der Waals surface area contributed by atoms with Crippen molar-refractivity contribution in [2.45, 2.75) is 6.42 Å². The highest BCUT2D eigenvalue weighted by molar-refractivity contribution is 9.10. The molecule has 108 valence electrons. The Labute approximate surface area is 131 Å². The molecule has 0 aliphatic heterocycles. The molecule has 0 radical (unpaired) electrons. The van der Waals surface area contributed by atoms with E-state index in [2.05, 4.69) is 26.6 Å². The Kier molecular flexibility index (Phi) is 5.51. The average Bonchev–Trinajstić information content (AvgIpc) is 2.49. The van der Waals surface area contributed by atoms with Crippen molar-refractivity contribution in [2.75, 3.05) is 11.9 Å². The normalized spacial score (nSPS) is 9.95. The SMILES string of the molecule is O=C(Cc1ccc(Br)cc1)NCC(=O)Nc1ccccc1. The summed E-state index contributed by atoms with van der Waals surface area (Å²) < 4.78 is 0.967. The number of para-hydroxylation sites is 1. The number of hydrogen-bond donors (Lipinski definition) is 2. The molecule has 2 aromatic rings. The van der Waals surface area contributed by atoms with Crippen LogP contribution in [0.25, 0.3) is 0 Å². The molecule has 0 aliphatic rings. The highest BCUT2D eigenvalue weighted by Gasteiger charge is 2.06. The number of hydrogen-bond acceptors (Lipinski definition) is 2. The summed E-state index contributed by atoms with van der Waals surface area (Å²) in [4.78, 5) is 23.4. The Bertz CT molecular complexity index is 612. The topological polar surface area (TPSA) is 58.2 Å². The van der Waals surface area contributed by atoms with E-state index in [9.17, 15) is 9.59 Å². The van der Waals surface area contributed by atoms with Crippen LogP contribution in [0.15, 0.2) is 59.1 Å². The second kappa shape index (κ2) is 7.59. The summed E-state index contributed by atoms with van der Waals surface area (Å²) >= 11 is 3.34. The maximum Gasteiger partial charge on any atom is 0.243 e. The van der Waals surface area contributed by atoms with Crippen molar-refractivity contribution in [1.82, 2.24) is 5.32 Å². The molecular formula is C16H15BrN2O2. The molecule has 0 saturated carbocycles. The average molecular weight is 347 g/mol. The first-order valence-corrected chi connectivity index (χ1v) is 7.29. The number of carbonyl (C=O) groups excluding carboxylic acids is 2. The number of carbonyl (C=O) groups is 2. The van der Waals surface area contributed by atoms with Crippen molar-refractivity contribution < 1.29 is 9.59 Å². The molecule has 0 aromatic heterocycles. The van der Waals surface area contributed by atoms with E-state index in [0.717, 1.165) is 10.0 Å². The lowest BCUT2D eigenvalue weighted by Gasteiger charge is -2.07. The maximum absolute atomic E-state index is 11.8. The lowest BCUT2D eigenvalue weighted by molar-refractivity contribution is -0.123. The van der Waals surface area contributed by atoms with Gasteiger partial charge in [-0.15, -0.1) is 0 Å². The van der Waals surface area contributed by atoms with Crippen molar-refractivity contribution in [1.29, 1.82) is 0 Å². The Hall–Kier alpha value is -2.14. The van der Waals surface area contributed by atoms with Crippen molar-refractivity contribution in [3.05, 3.63) is 64.6 Å². The first-order chi connectivity index (χ1) is 10.1. The van der Waals surface area contributed by atoms with Gasteiger partial charge in [0.1, 0.15) is 0 Å². The molecule has 0 unspecified atom stereocenters. The van der Waals surface area contributed by atoms with Gasteiger partial charge < -0.3 is 10.6 Å². The van der Waals surface area contributed by atoms with E-state index in [1.54, 1.807) is 12.1 Å². The van der Waals surface area contributed by atoms with Gasteiger partial charge in [-0.05, 0) is 29.8 Å². The number of halogens is 1. The molecule has 0 aliphatic carbocycles. The fourth-order valence-electron chi connectivity index (χ4n) is 1.76. The van der Waals surface area contributed by atoms with Crippen molar-refractivity contribution >= 4 is 33.4 Å². The number of anilines is 1. The number of nitrogens with one attached hydrogen (secondary N) is 2. The third-order valence-corrected chi connectivity index (χ3v) is 3.31. The third-order valence-electron chi connectivity index (χ3n) is 2.78. The number of benzene rings is 2. The van der Waals surface area contributed by atoms with E-state index in [1.807, 2.05) is 42.5 Å². The molecule has 0 heterocycles. The van der Waals surface area contributed by atoms with Crippen LogP contribution in [-0.2, 0) is 16.0 Å². The zero-order chi connectivity index (χ0) is 15.1. The molecule has 4 nitrogen and oxygen atoms in total. The number of amides is 2. The summed E-state index contributed by atoms with van der Waals surface area (Å²) in [5.74, 6) is -0.425. The molecule has 2 N–H and O–H groups in total. The van der Waals surface area contributed by atoms with Gasteiger partial charge in [0.15, 0.2) is 0 Å². The Morgan fingerprint density at radius 1 is 0.905 bits per heavy atom. The molecule has 2 rings (SSSR count). The van der Waals surface area contributed by atoms with E-state index in [4.69, 9.17) is 0 Å². The van der Waals surface area contributed by atoms with Crippen LogP contribution in [0.2, 0.25) is 0 Å². The summed E-state index contributed by atoms with van der Waals surface area (Å²) in [6.07, 6.45) is 0.256. The van der Waals surface area contributed by atoms with Crippen molar-refractivity contribution in [3.63, 3.8) is 0 Å². The fourth-order valence-corrected chi connectivity index (χ4v) is 2.02. The van der Waals surface area contributed by atoms with Crippen molar-refractivity contribution in [2.24, 2.45) is 0 Å². The Balaban J connectivity index is 1.76. The molecule has 0 saturated heterocycles. The summed E-state index contributed by atoms with van der Waals surface area (Å²) in [5.41, 5.74) is 1.61. The zero-order valence-electron chi connectivity index (χ0n) is 11.3. The zero-order valence-corrected chi connectivity index (χ0v) is 12.9. The van der Waals surface area contributed by atoms with Crippen LogP contribution < -0.4 is 10.6 Å². The molecule has 0 atom stereocenters. The predicted molar refractivity (Wildman–Crippen MR) is 85.9 cm³/mol. The van der Waals surface area contributed by atoms with Gasteiger partial charge in [-0.2, -0.15) is 0 Å².